The molecular formula is C18H24N2. The van der Waals surface area contributed by atoms with E-state index in [0.29, 0.717) is 0 Å². The van der Waals surface area contributed by atoms with Crippen molar-refractivity contribution < 1.29 is 0 Å². The van der Waals surface area contributed by atoms with Crippen molar-refractivity contribution in [2.45, 2.75) is 26.3 Å². The zero-order valence-electron chi connectivity index (χ0n) is 12.8. The van der Waals surface area contributed by atoms with Gasteiger partial charge in [0.05, 0.1) is 6.67 Å². The molecule has 3 rings (SSSR count). The largest absolute Gasteiger partial charge is 0.294 e. The average molecular weight is 268 g/mol. The van der Waals surface area contributed by atoms with Crippen LogP contribution in [0.15, 0.2) is 30.3 Å². The summed E-state index contributed by atoms with van der Waals surface area (Å²) in [6.07, 6.45) is 2.51. The van der Waals surface area contributed by atoms with Crippen molar-refractivity contribution in [3.8, 4) is 0 Å². The number of nitrogens with zero attached hydrogens (tertiary/aromatic N) is 2. The van der Waals surface area contributed by atoms with Gasteiger partial charge in [-0.3, -0.25) is 9.80 Å². The molecule has 20 heavy (non-hydrogen) atoms. The zero-order chi connectivity index (χ0) is 14.1. The topological polar surface area (TPSA) is 6.48 Å². The summed E-state index contributed by atoms with van der Waals surface area (Å²) in [5.74, 6) is 0. The summed E-state index contributed by atoms with van der Waals surface area (Å²) in [5, 5.41) is 2.92. The molecule has 0 atom stereocenters. The number of rotatable bonds is 5. The third kappa shape index (κ3) is 2.46. The Kier molecular flexibility index (Phi) is 3.77. The first-order chi connectivity index (χ1) is 9.69. The van der Waals surface area contributed by atoms with Gasteiger partial charge in [-0.05, 0) is 60.9 Å². The van der Waals surface area contributed by atoms with E-state index in [1.165, 1.54) is 29.2 Å². The fraction of sp³-hybridized carbons (Fsp3) is 0.444. The van der Waals surface area contributed by atoms with Crippen LogP contribution < -0.4 is 0 Å². The number of hydrogen-bond donors (Lipinski definition) is 0. The van der Waals surface area contributed by atoms with Gasteiger partial charge in [0, 0.05) is 6.54 Å². The molecule has 0 saturated heterocycles. The van der Waals surface area contributed by atoms with Crippen LogP contribution in [0, 0.1) is 0 Å². The second-order valence-electron chi connectivity index (χ2n) is 6.05. The second-order valence-corrected chi connectivity index (χ2v) is 6.05. The average Bonchev–Trinajstić information content (AvgIpc) is 2.41. The summed E-state index contributed by atoms with van der Waals surface area (Å²) in [5.41, 5.74) is 4.62. The minimum atomic E-state index is 1.02. The van der Waals surface area contributed by atoms with E-state index < -0.39 is 0 Å². The van der Waals surface area contributed by atoms with Crippen molar-refractivity contribution in [1.29, 1.82) is 0 Å². The predicted molar refractivity (Wildman–Crippen MR) is 86.0 cm³/mol. The smallest absolute Gasteiger partial charge is 0.0503 e. The Labute approximate surface area is 122 Å². The van der Waals surface area contributed by atoms with Gasteiger partial charge in [-0.2, -0.15) is 0 Å². The van der Waals surface area contributed by atoms with Crippen LogP contribution in [0.1, 0.15) is 23.6 Å². The van der Waals surface area contributed by atoms with Crippen molar-refractivity contribution in [2.75, 3.05) is 27.3 Å². The minimum absolute atomic E-state index is 1.02. The molecular weight excluding hydrogens is 244 g/mol. The van der Waals surface area contributed by atoms with Crippen molar-refractivity contribution in [2.24, 2.45) is 0 Å². The first kappa shape index (κ1) is 13.6. The van der Waals surface area contributed by atoms with E-state index in [1.807, 2.05) is 0 Å². The van der Waals surface area contributed by atoms with E-state index >= 15 is 0 Å². The van der Waals surface area contributed by atoms with Crippen LogP contribution in [0.3, 0.4) is 0 Å². The van der Waals surface area contributed by atoms with Gasteiger partial charge in [-0.15, -0.1) is 0 Å². The Morgan fingerprint density at radius 1 is 1.00 bits per heavy atom. The number of fused-ring (bicyclic) bond motifs is 3. The Morgan fingerprint density at radius 3 is 2.40 bits per heavy atom. The molecule has 0 radical (unpaired) electrons. The second kappa shape index (κ2) is 5.55. The normalized spacial score (nSPS) is 13.8. The molecule has 0 amide bonds. The highest BCUT2D eigenvalue weighted by Crippen LogP contribution is 2.33. The van der Waals surface area contributed by atoms with E-state index in [2.05, 4.69) is 61.2 Å². The maximum atomic E-state index is 2.43. The van der Waals surface area contributed by atoms with Gasteiger partial charge < -0.3 is 0 Å². The van der Waals surface area contributed by atoms with E-state index in [4.69, 9.17) is 0 Å². The fourth-order valence-electron chi connectivity index (χ4n) is 3.16. The van der Waals surface area contributed by atoms with Crippen LogP contribution >= 0.6 is 0 Å². The quantitative estimate of drug-likeness (QED) is 0.768. The van der Waals surface area contributed by atoms with Gasteiger partial charge in [0.2, 0.25) is 0 Å². The van der Waals surface area contributed by atoms with E-state index in [1.54, 1.807) is 11.1 Å². The van der Waals surface area contributed by atoms with Gasteiger partial charge >= 0.3 is 0 Å². The standard InChI is InChI=1S/C18H24N2/c1-4-19(2)13-20(3)12-15-11-14-9-10-17(14)18-8-6-5-7-16(15)18/h5-8,11H,4,9-10,12-13H2,1-3H3. The summed E-state index contributed by atoms with van der Waals surface area (Å²) in [4.78, 5) is 4.74. The fourth-order valence-corrected chi connectivity index (χ4v) is 3.16. The molecule has 0 spiro atoms. The first-order valence-electron chi connectivity index (χ1n) is 7.58. The van der Waals surface area contributed by atoms with Crippen molar-refractivity contribution >= 4 is 10.8 Å². The lowest BCUT2D eigenvalue weighted by molar-refractivity contribution is 0.184. The summed E-state index contributed by atoms with van der Waals surface area (Å²) in [7, 11) is 4.38. The van der Waals surface area contributed by atoms with Crippen LogP contribution in [0.2, 0.25) is 0 Å². The molecule has 1 aliphatic rings. The lowest BCUT2D eigenvalue weighted by atomic mass is 9.82. The predicted octanol–water partition coefficient (Wildman–Crippen LogP) is 3.28. The third-order valence-electron chi connectivity index (χ3n) is 4.44. The molecule has 0 aromatic heterocycles. The molecule has 1 aliphatic carbocycles. The van der Waals surface area contributed by atoms with Crippen molar-refractivity contribution in [1.82, 2.24) is 9.80 Å². The Balaban J connectivity index is 1.90. The summed E-state index contributed by atoms with van der Waals surface area (Å²) >= 11 is 0. The highest BCUT2D eigenvalue weighted by atomic mass is 15.3. The highest BCUT2D eigenvalue weighted by Gasteiger charge is 2.18. The van der Waals surface area contributed by atoms with Crippen molar-refractivity contribution in [3.05, 3.63) is 47.0 Å². The molecule has 2 nitrogen and oxygen atoms in total. The maximum Gasteiger partial charge on any atom is 0.0503 e. The lowest BCUT2D eigenvalue weighted by Gasteiger charge is -2.27. The zero-order valence-corrected chi connectivity index (χ0v) is 12.8. The van der Waals surface area contributed by atoms with Crippen LogP contribution in [0.25, 0.3) is 10.8 Å². The number of hydrogen-bond acceptors (Lipinski definition) is 2. The van der Waals surface area contributed by atoms with Gasteiger partial charge in [-0.1, -0.05) is 37.3 Å². The summed E-state index contributed by atoms with van der Waals surface area (Å²) in [6.45, 7) is 5.34. The SMILES string of the molecule is CCN(C)CN(C)Cc1cc2c(c3ccccc13)CC2. The Bertz CT molecular complexity index is 618. The molecule has 0 fully saturated rings. The molecule has 0 bridgehead atoms. The van der Waals surface area contributed by atoms with E-state index in [-0.39, 0.29) is 0 Å². The van der Waals surface area contributed by atoms with Crippen LogP contribution in [-0.2, 0) is 19.4 Å². The molecule has 2 heteroatoms. The van der Waals surface area contributed by atoms with Crippen LogP contribution in [0.5, 0.6) is 0 Å². The maximum absolute atomic E-state index is 2.43. The molecule has 0 heterocycles. The molecule has 0 aliphatic heterocycles. The highest BCUT2D eigenvalue weighted by molar-refractivity contribution is 5.91. The summed E-state index contributed by atoms with van der Waals surface area (Å²) in [6, 6.07) is 11.3. The minimum Gasteiger partial charge on any atom is -0.294 e. The molecule has 0 unspecified atom stereocenters. The molecule has 0 N–H and O–H groups in total. The number of aryl methyl sites for hydroxylation is 2. The molecule has 106 valence electrons. The third-order valence-corrected chi connectivity index (χ3v) is 4.44. The lowest BCUT2D eigenvalue weighted by Crippen LogP contribution is -2.32. The van der Waals surface area contributed by atoms with E-state index in [9.17, 15) is 0 Å². The molecule has 0 saturated carbocycles. The van der Waals surface area contributed by atoms with E-state index in [0.717, 1.165) is 19.8 Å². The van der Waals surface area contributed by atoms with Gasteiger partial charge in [-0.25, -0.2) is 0 Å². The number of benzene rings is 2. The molecule has 2 aromatic rings. The van der Waals surface area contributed by atoms with Gasteiger partial charge in [0.1, 0.15) is 0 Å². The monoisotopic (exact) mass is 268 g/mol. The van der Waals surface area contributed by atoms with Crippen molar-refractivity contribution in [3.63, 3.8) is 0 Å². The Hall–Kier alpha value is -1.38. The van der Waals surface area contributed by atoms with Gasteiger partial charge in [0.15, 0.2) is 0 Å². The first-order valence-corrected chi connectivity index (χ1v) is 7.58. The van der Waals surface area contributed by atoms with Crippen LogP contribution in [0.4, 0.5) is 0 Å². The van der Waals surface area contributed by atoms with Gasteiger partial charge in [0.25, 0.3) is 0 Å². The molecule has 2 aromatic carbocycles. The summed E-state index contributed by atoms with van der Waals surface area (Å²) < 4.78 is 0. The Morgan fingerprint density at radius 2 is 1.75 bits per heavy atom. The van der Waals surface area contributed by atoms with Crippen LogP contribution in [-0.4, -0.2) is 37.1 Å².